The van der Waals surface area contributed by atoms with Crippen molar-refractivity contribution in [2.45, 2.75) is 44.6 Å². The third-order valence-corrected chi connectivity index (χ3v) is 4.98. The smallest absolute Gasteiger partial charge is 0.239 e. The summed E-state index contributed by atoms with van der Waals surface area (Å²) >= 11 is 0. The molecule has 130 valence electrons. The molecule has 0 spiro atoms. The van der Waals surface area contributed by atoms with Gasteiger partial charge in [0.15, 0.2) is 5.65 Å². The zero-order chi connectivity index (χ0) is 17.1. The van der Waals surface area contributed by atoms with E-state index in [1.54, 1.807) is 0 Å². The third-order valence-electron chi connectivity index (χ3n) is 4.98. The fourth-order valence-corrected chi connectivity index (χ4v) is 3.58. The molecule has 0 aromatic carbocycles. The van der Waals surface area contributed by atoms with Gasteiger partial charge in [0.1, 0.15) is 5.82 Å². The van der Waals surface area contributed by atoms with Crippen LogP contribution in [0, 0.1) is 0 Å². The highest BCUT2D eigenvalue weighted by atomic mass is 16.2. The Morgan fingerprint density at radius 1 is 1.29 bits per heavy atom. The van der Waals surface area contributed by atoms with Crippen LogP contribution in [-0.4, -0.2) is 63.5 Å². The maximum Gasteiger partial charge on any atom is 0.239 e. The first kappa shape index (κ1) is 16.9. The molecule has 0 N–H and O–H groups in total. The SMILES string of the molecule is CCCC(C(=O)N1CCC(c2nnc3ccccn23)CC1)N(C)C. The number of fused-ring (bicyclic) bond motifs is 1. The van der Waals surface area contributed by atoms with Gasteiger partial charge < -0.3 is 4.90 Å². The lowest BCUT2D eigenvalue weighted by Crippen LogP contribution is -2.48. The fourth-order valence-electron chi connectivity index (χ4n) is 3.58. The number of hydrogen-bond acceptors (Lipinski definition) is 4. The average Bonchev–Trinajstić information content (AvgIpc) is 3.03. The Labute approximate surface area is 143 Å². The Balaban J connectivity index is 1.66. The molecule has 24 heavy (non-hydrogen) atoms. The lowest BCUT2D eigenvalue weighted by molar-refractivity contribution is -0.137. The number of pyridine rings is 1. The highest BCUT2D eigenvalue weighted by Crippen LogP contribution is 2.27. The predicted molar refractivity (Wildman–Crippen MR) is 93.9 cm³/mol. The summed E-state index contributed by atoms with van der Waals surface area (Å²) in [6, 6.07) is 5.96. The summed E-state index contributed by atoms with van der Waals surface area (Å²) in [6.07, 6.45) is 5.87. The molecular formula is C18H27N5O. The standard InChI is InChI=1S/C18H27N5O/c1-4-7-15(21(2)3)18(24)22-12-9-14(10-13-22)17-20-19-16-8-5-6-11-23(16)17/h5-6,8,11,14-15H,4,7,9-10,12-13H2,1-3H3. The van der Waals surface area contributed by atoms with Crippen LogP contribution < -0.4 is 0 Å². The number of piperidine rings is 1. The van der Waals surface area contributed by atoms with Crippen molar-refractivity contribution in [2.24, 2.45) is 0 Å². The molecule has 0 saturated carbocycles. The summed E-state index contributed by atoms with van der Waals surface area (Å²) in [5.41, 5.74) is 0.890. The van der Waals surface area contributed by atoms with Gasteiger partial charge in [-0.25, -0.2) is 0 Å². The minimum atomic E-state index is 0.000437. The number of carbonyl (C=O) groups excluding carboxylic acids is 1. The highest BCUT2D eigenvalue weighted by Gasteiger charge is 2.30. The van der Waals surface area contributed by atoms with E-state index in [9.17, 15) is 4.79 Å². The van der Waals surface area contributed by atoms with E-state index in [1.807, 2.05) is 48.3 Å². The molecular weight excluding hydrogens is 302 g/mol. The summed E-state index contributed by atoms with van der Waals surface area (Å²) in [5.74, 6) is 1.66. The minimum absolute atomic E-state index is 0.000437. The molecule has 2 aromatic heterocycles. The van der Waals surface area contributed by atoms with Crippen molar-refractivity contribution in [1.82, 2.24) is 24.4 Å². The first-order valence-corrected chi connectivity index (χ1v) is 8.86. The van der Waals surface area contributed by atoms with E-state index >= 15 is 0 Å². The largest absolute Gasteiger partial charge is 0.341 e. The number of aromatic nitrogens is 3. The molecule has 0 radical (unpaired) electrons. The second kappa shape index (κ2) is 7.30. The zero-order valence-corrected chi connectivity index (χ0v) is 14.9. The van der Waals surface area contributed by atoms with Gasteiger partial charge in [0, 0.05) is 25.2 Å². The molecule has 1 aliphatic heterocycles. The number of nitrogens with zero attached hydrogens (tertiary/aromatic N) is 5. The van der Waals surface area contributed by atoms with Gasteiger partial charge in [-0.2, -0.15) is 0 Å². The van der Waals surface area contributed by atoms with Gasteiger partial charge in [0.25, 0.3) is 0 Å². The first-order valence-electron chi connectivity index (χ1n) is 8.86. The van der Waals surface area contributed by atoms with Gasteiger partial charge in [-0.3, -0.25) is 14.1 Å². The van der Waals surface area contributed by atoms with Crippen LogP contribution in [0.5, 0.6) is 0 Å². The number of hydrogen-bond donors (Lipinski definition) is 0. The first-order chi connectivity index (χ1) is 11.6. The van der Waals surface area contributed by atoms with Gasteiger partial charge in [0.05, 0.1) is 6.04 Å². The predicted octanol–water partition coefficient (Wildman–Crippen LogP) is 2.17. The number of likely N-dealkylation sites (tertiary alicyclic amines) is 1. The van der Waals surface area contributed by atoms with E-state index in [1.165, 1.54) is 0 Å². The van der Waals surface area contributed by atoms with Gasteiger partial charge >= 0.3 is 0 Å². The average molecular weight is 329 g/mol. The summed E-state index contributed by atoms with van der Waals surface area (Å²) < 4.78 is 2.07. The third kappa shape index (κ3) is 3.29. The molecule has 0 bridgehead atoms. The number of carbonyl (C=O) groups is 1. The van der Waals surface area contributed by atoms with Crippen LogP contribution in [0.1, 0.15) is 44.3 Å². The monoisotopic (exact) mass is 329 g/mol. The lowest BCUT2D eigenvalue weighted by atomic mass is 9.95. The maximum atomic E-state index is 12.8. The highest BCUT2D eigenvalue weighted by molar-refractivity contribution is 5.82. The quantitative estimate of drug-likeness (QED) is 0.843. The van der Waals surface area contributed by atoms with Crippen molar-refractivity contribution in [2.75, 3.05) is 27.2 Å². The second-order valence-electron chi connectivity index (χ2n) is 6.85. The summed E-state index contributed by atoms with van der Waals surface area (Å²) in [5, 5.41) is 8.63. The van der Waals surface area contributed by atoms with Crippen LogP contribution in [0.3, 0.4) is 0 Å². The molecule has 3 heterocycles. The summed E-state index contributed by atoms with van der Waals surface area (Å²) in [6.45, 7) is 3.74. The van der Waals surface area contributed by atoms with Crippen molar-refractivity contribution >= 4 is 11.6 Å². The molecule has 1 fully saturated rings. The van der Waals surface area contributed by atoms with E-state index in [0.717, 1.165) is 50.2 Å². The zero-order valence-electron chi connectivity index (χ0n) is 14.9. The fraction of sp³-hybridized carbons (Fsp3) is 0.611. The lowest BCUT2D eigenvalue weighted by Gasteiger charge is -2.35. The topological polar surface area (TPSA) is 53.7 Å². The van der Waals surface area contributed by atoms with E-state index in [0.29, 0.717) is 5.92 Å². The molecule has 6 heteroatoms. The number of amides is 1. The normalized spacial score (nSPS) is 17.6. The Morgan fingerprint density at radius 3 is 2.71 bits per heavy atom. The van der Waals surface area contributed by atoms with Crippen molar-refractivity contribution in [3.63, 3.8) is 0 Å². The van der Waals surface area contributed by atoms with Crippen molar-refractivity contribution < 1.29 is 4.79 Å². The Bertz CT molecular complexity index is 688. The van der Waals surface area contributed by atoms with Crippen LogP contribution in [0.4, 0.5) is 0 Å². The molecule has 1 unspecified atom stereocenters. The molecule has 2 aromatic rings. The van der Waals surface area contributed by atoms with E-state index < -0.39 is 0 Å². The Kier molecular flexibility index (Phi) is 5.14. The summed E-state index contributed by atoms with van der Waals surface area (Å²) in [4.78, 5) is 16.9. The Hall–Kier alpha value is -1.95. The van der Waals surface area contributed by atoms with Crippen LogP contribution in [-0.2, 0) is 4.79 Å². The molecule has 6 nitrogen and oxygen atoms in total. The molecule has 3 rings (SSSR count). The van der Waals surface area contributed by atoms with E-state index in [4.69, 9.17) is 0 Å². The van der Waals surface area contributed by atoms with Crippen LogP contribution in [0.2, 0.25) is 0 Å². The Morgan fingerprint density at radius 2 is 2.04 bits per heavy atom. The number of likely N-dealkylation sites (N-methyl/N-ethyl adjacent to an activating group) is 1. The van der Waals surface area contributed by atoms with Crippen LogP contribution in [0.25, 0.3) is 5.65 Å². The van der Waals surface area contributed by atoms with E-state index in [2.05, 4.69) is 21.5 Å². The van der Waals surface area contributed by atoms with Crippen molar-refractivity contribution in [3.8, 4) is 0 Å². The van der Waals surface area contributed by atoms with Gasteiger partial charge in [-0.15, -0.1) is 10.2 Å². The van der Waals surface area contributed by atoms with Crippen LogP contribution >= 0.6 is 0 Å². The maximum absolute atomic E-state index is 12.8. The van der Waals surface area contributed by atoms with Crippen molar-refractivity contribution in [3.05, 3.63) is 30.2 Å². The number of rotatable bonds is 5. The van der Waals surface area contributed by atoms with E-state index in [-0.39, 0.29) is 11.9 Å². The summed E-state index contributed by atoms with van der Waals surface area (Å²) in [7, 11) is 3.99. The molecule has 0 aliphatic carbocycles. The van der Waals surface area contributed by atoms with Gasteiger partial charge in [-0.05, 0) is 45.5 Å². The van der Waals surface area contributed by atoms with Crippen molar-refractivity contribution in [1.29, 1.82) is 0 Å². The molecule has 1 atom stereocenters. The van der Waals surface area contributed by atoms with Crippen LogP contribution in [0.15, 0.2) is 24.4 Å². The van der Waals surface area contributed by atoms with Gasteiger partial charge in [0.2, 0.25) is 5.91 Å². The molecule has 1 saturated heterocycles. The molecule has 1 amide bonds. The molecule has 1 aliphatic rings. The minimum Gasteiger partial charge on any atom is -0.341 e. The second-order valence-corrected chi connectivity index (χ2v) is 6.85. The van der Waals surface area contributed by atoms with Gasteiger partial charge in [-0.1, -0.05) is 19.4 Å².